The van der Waals surface area contributed by atoms with Gasteiger partial charge in [0.25, 0.3) is 0 Å². The van der Waals surface area contributed by atoms with E-state index in [0.717, 1.165) is 4.90 Å². The number of hydrogen-bond donors (Lipinski definition) is 3. The minimum Gasteiger partial charge on any atom is -0.479 e. The highest BCUT2D eigenvalue weighted by atomic mass is 32.1. The van der Waals surface area contributed by atoms with Crippen molar-refractivity contribution in [3.8, 4) is 0 Å². The summed E-state index contributed by atoms with van der Waals surface area (Å²) in [5.41, 5.74) is 6.12. The minimum absolute atomic E-state index is 0.0342. The van der Waals surface area contributed by atoms with Crippen LogP contribution in [0.2, 0.25) is 0 Å². The smallest absolute Gasteiger partial charge is 0.408 e. The molecule has 4 atom stereocenters. The highest BCUT2D eigenvalue weighted by Gasteiger charge is 2.58. The number of nitrogens with two attached hydrogens (primary N) is 1. The van der Waals surface area contributed by atoms with E-state index in [1.54, 1.807) is 10.9 Å². The second-order valence-electron chi connectivity index (χ2n) is 6.65. The summed E-state index contributed by atoms with van der Waals surface area (Å²) >= 11 is 1.34. The third-order valence-electron chi connectivity index (χ3n) is 4.96. The first-order valence-corrected chi connectivity index (χ1v) is 9.40. The summed E-state index contributed by atoms with van der Waals surface area (Å²) in [6.07, 6.45) is -1.14. The zero-order chi connectivity index (χ0) is 19.8. The maximum atomic E-state index is 13.1. The number of likely N-dealkylation sites (tertiary alicyclic amines) is 1. The highest BCUT2D eigenvalue weighted by Crippen LogP contribution is 2.33. The number of rotatable bonds is 6. The lowest BCUT2D eigenvalue weighted by Crippen LogP contribution is -2.65. The van der Waals surface area contributed by atoms with Crippen LogP contribution < -0.4 is 11.1 Å². The molecule has 4 N–H and O–H groups in total. The Bertz CT molecular complexity index is 769. The summed E-state index contributed by atoms with van der Waals surface area (Å²) in [4.78, 5) is 54.6. The maximum Gasteiger partial charge on any atom is 0.408 e. The van der Waals surface area contributed by atoms with Gasteiger partial charge in [0.1, 0.15) is 12.1 Å². The lowest BCUT2D eigenvalue weighted by atomic mass is 9.85. The number of carboxylic acids is 1. The number of carbonyl (C=O) groups excluding carboxylic acids is 3. The Balaban J connectivity index is 1.87. The van der Waals surface area contributed by atoms with Crippen molar-refractivity contribution in [2.45, 2.75) is 49.9 Å². The number of alkyl carbamates (subject to hydrolysis) is 1. The fourth-order valence-corrected chi connectivity index (χ4v) is 4.18. The summed E-state index contributed by atoms with van der Waals surface area (Å²) in [6.45, 7) is 1.61. The number of thiazole rings is 1. The number of cyclic esters (lactones) is 1. The molecule has 27 heavy (non-hydrogen) atoms. The predicted molar refractivity (Wildman–Crippen MR) is 93.0 cm³/mol. The van der Waals surface area contributed by atoms with Crippen LogP contribution in [-0.2, 0) is 25.5 Å². The largest absolute Gasteiger partial charge is 0.479 e. The molecule has 10 nitrogen and oxygen atoms in total. The molecule has 2 aliphatic heterocycles. The Kier molecular flexibility index (Phi) is 5.16. The second-order valence-corrected chi connectivity index (χ2v) is 7.36. The standard InChI is InChI=1S/C16H20N4O6S/c1-8-11(19-15(25)26-8)13(22)20-4-2-3-16(20,14(23)24)12(21)10(17)5-9-6-27-7-18-9/h6-8,10-11H,2-5,17H2,1H3,(H,19,25)(H,23,24)/t8?,10-,11?,16+/m0/s1. The van der Waals surface area contributed by atoms with Gasteiger partial charge >= 0.3 is 12.1 Å². The van der Waals surface area contributed by atoms with Crippen molar-refractivity contribution in [2.24, 2.45) is 5.73 Å². The molecular formula is C16H20N4O6S. The third-order valence-corrected chi connectivity index (χ3v) is 5.59. The van der Waals surface area contributed by atoms with E-state index >= 15 is 0 Å². The number of ether oxygens (including phenoxy) is 1. The molecule has 2 saturated heterocycles. The Morgan fingerprint density at radius 2 is 2.30 bits per heavy atom. The van der Waals surface area contributed by atoms with Crippen molar-refractivity contribution in [3.63, 3.8) is 0 Å². The van der Waals surface area contributed by atoms with E-state index in [4.69, 9.17) is 10.5 Å². The number of ketones is 1. The van der Waals surface area contributed by atoms with E-state index in [-0.39, 0.29) is 19.4 Å². The average molecular weight is 396 g/mol. The summed E-state index contributed by atoms with van der Waals surface area (Å²) in [5.74, 6) is -2.83. The van der Waals surface area contributed by atoms with Gasteiger partial charge in [-0.3, -0.25) is 9.59 Å². The Morgan fingerprint density at radius 1 is 1.56 bits per heavy atom. The highest BCUT2D eigenvalue weighted by molar-refractivity contribution is 7.07. The molecule has 2 fully saturated rings. The summed E-state index contributed by atoms with van der Waals surface area (Å²) in [7, 11) is 0. The van der Waals surface area contributed by atoms with Crippen molar-refractivity contribution in [1.82, 2.24) is 15.2 Å². The van der Waals surface area contributed by atoms with Gasteiger partial charge < -0.3 is 25.8 Å². The van der Waals surface area contributed by atoms with Gasteiger partial charge in [0.15, 0.2) is 5.78 Å². The van der Waals surface area contributed by atoms with E-state index in [0.29, 0.717) is 12.1 Å². The van der Waals surface area contributed by atoms with Gasteiger partial charge in [-0.1, -0.05) is 0 Å². The number of amides is 2. The van der Waals surface area contributed by atoms with E-state index in [2.05, 4.69) is 10.3 Å². The molecule has 0 radical (unpaired) electrons. The Morgan fingerprint density at radius 3 is 2.85 bits per heavy atom. The lowest BCUT2D eigenvalue weighted by Gasteiger charge is -2.36. The molecule has 3 heterocycles. The molecule has 0 saturated carbocycles. The zero-order valence-electron chi connectivity index (χ0n) is 14.6. The van der Waals surface area contributed by atoms with Crippen LogP contribution in [0.3, 0.4) is 0 Å². The number of aromatic nitrogens is 1. The Labute approximate surface area is 158 Å². The van der Waals surface area contributed by atoms with Gasteiger partial charge in [-0.2, -0.15) is 0 Å². The first-order chi connectivity index (χ1) is 12.8. The molecule has 2 unspecified atom stereocenters. The number of Topliss-reactive ketones (excluding diaryl/α,β-unsaturated/α-hetero) is 1. The van der Waals surface area contributed by atoms with Crippen LogP contribution in [0.25, 0.3) is 0 Å². The van der Waals surface area contributed by atoms with Crippen molar-refractivity contribution < 1.29 is 29.0 Å². The quantitative estimate of drug-likeness (QED) is 0.546. The number of nitrogens with one attached hydrogen (secondary N) is 1. The van der Waals surface area contributed by atoms with Crippen LogP contribution in [-0.4, -0.2) is 69.0 Å². The van der Waals surface area contributed by atoms with Gasteiger partial charge in [-0.05, 0) is 19.8 Å². The van der Waals surface area contributed by atoms with Gasteiger partial charge in [0.2, 0.25) is 11.4 Å². The number of carboxylic acid groups (broad SMARTS) is 1. The summed E-state index contributed by atoms with van der Waals surface area (Å²) in [5, 5.41) is 14.0. The van der Waals surface area contributed by atoms with Crippen molar-refractivity contribution in [3.05, 3.63) is 16.6 Å². The van der Waals surface area contributed by atoms with Crippen LogP contribution in [0.1, 0.15) is 25.5 Å². The van der Waals surface area contributed by atoms with Crippen LogP contribution in [0.15, 0.2) is 10.9 Å². The molecule has 0 bridgehead atoms. The molecule has 2 amide bonds. The molecule has 3 rings (SSSR count). The molecule has 0 aromatic carbocycles. The van der Waals surface area contributed by atoms with Crippen molar-refractivity contribution >= 4 is 35.1 Å². The molecular weight excluding hydrogens is 376 g/mol. The molecule has 11 heteroatoms. The van der Waals surface area contributed by atoms with E-state index in [1.165, 1.54) is 18.3 Å². The minimum atomic E-state index is -2.06. The number of carbonyl (C=O) groups is 4. The predicted octanol–water partition coefficient (Wildman–Crippen LogP) is -0.475. The number of nitrogens with zero attached hydrogens (tertiary/aromatic N) is 2. The van der Waals surface area contributed by atoms with Crippen LogP contribution in [0, 0.1) is 0 Å². The number of hydrogen-bond acceptors (Lipinski definition) is 8. The van der Waals surface area contributed by atoms with Crippen LogP contribution >= 0.6 is 11.3 Å². The molecule has 1 aromatic heterocycles. The third kappa shape index (κ3) is 3.28. The van der Waals surface area contributed by atoms with Gasteiger partial charge in [0, 0.05) is 18.3 Å². The van der Waals surface area contributed by atoms with Crippen LogP contribution in [0.5, 0.6) is 0 Å². The fourth-order valence-electron chi connectivity index (χ4n) is 3.61. The van der Waals surface area contributed by atoms with Crippen LogP contribution in [0.4, 0.5) is 4.79 Å². The second kappa shape index (κ2) is 7.24. The maximum absolute atomic E-state index is 13.1. The first kappa shape index (κ1) is 19.2. The Hall–Kier alpha value is -2.53. The van der Waals surface area contributed by atoms with E-state index < -0.39 is 47.5 Å². The van der Waals surface area contributed by atoms with Gasteiger partial charge in [-0.25, -0.2) is 14.6 Å². The molecule has 0 spiro atoms. The lowest BCUT2D eigenvalue weighted by molar-refractivity contribution is -0.163. The van der Waals surface area contributed by atoms with Crippen molar-refractivity contribution in [2.75, 3.05) is 6.54 Å². The molecule has 1 aromatic rings. The van der Waals surface area contributed by atoms with Gasteiger partial charge in [-0.15, -0.1) is 11.3 Å². The average Bonchev–Trinajstić information content (AvgIpc) is 3.33. The monoisotopic (exact) mass is 396 g/mol. The topological polar surface area (TPSA) is 152 Å². The van der Waals surface area contributed by atoms with Crippen molar-refractivity contribution in [1.29, 1.82) is 0 Å². The summed E-state index contributed by atoms with van der Waals surface area (Å²) in [6, 6.07) is -2.17. The number of aliphatic carboxylic acids is 1. The van der Waals surface area contributed by atoms with E-state index in [9.17, 15) is 24.3 Å². The fraction of sp³-hybridized carbons (Fsp3) is 0.562. The SMILES string of the molecule is CC1OC(=O)NC1C(=O)N1CCC[C@]1(C(=O)O)C(=O)[C@@H](N)Cc1cscn1. The molecule has 0 aliphatic carbocycles. The summed E-state index contributed by atoms with van der Waals surface area (Å²) < 4.78 is 4.90. The molecule has 146 valence electrons. The van der Waals surface area contributed by atoms with E-state index in [1.807, 2.05) is 0 Å². The molecule has 2 aliphatic rings. The zero-order valence-corrected chi connectivity index (χ0v) is 15.4. The first-order valence-electron chi connectivity index (χ1n) is 8.46. The normalized spacial score (nSPS) is 28.5. The van der Waals surface area contributed by atoms with Gasteiger partial charge in [0.05, 0.1) is 17.2 Å².